The Morgan fingerprint density at radius 1 is 1.23 bits per heavy atom. The number of nitrogens with zero attached hydrogens (tertiary/aromatic N) is 1. The van der Waals surface area contributed by atoms with Crippen molar-refractivity contribution in [3.63, 3.8) is 0 Å². The summed E-state index contributed by atoms with van der Waals surface area (Å²) >= 11 is 6.16. The molecule has 0 aromatic carbocycles. The van der Waals surface area contributed by atoms with Crippen LogP contribution >= 0.6 is 11.6 Å². The van der Waals surface area contributed by atoms with Crippen LogP contribution in [-0.2, 0) is 4.79 Å². The second-order valence-electron chi connectivity index (χ2n) is 9.91. The molecule has 4 aliphatic rings. The number of rotatable bonds is 6. The van der Waals surface area contributed by atoms with E-state index in [0.717, 1.165) is 75.2 Å². The molecule has 4 nitrogen and oxygen atoms in total. The van der Waals surface area contributed by atoms with E-state index in [1.54, 1.807) is 0 Å². The lowest BCUT2D eigenvalue weighted by molar-refractivity contribution is -0.136. The maximum absolute atomic E-state index is 13.4. The molecule has 0 bridgehead atoms. The van der Waals surface area contributed by atoms with Crippen molar-refractivity contribution < 1.29 is 4.79 Å². The number of allylic oxidation sites excluding steroid dienone is 4. The number of likely N-dealkylation sites (tertiary alicyclic amines) is 1. The number of nitrogens with one attached hydrogen (secondary N) is 2. The molecule has 2 N–H and O–H groups in total. The van der Waals surface area contributed by atoms with Crippen LogP contribution in [-0.4, -0.2) is 49.1 Å². The topological polar surface area (TPSA) is 44.4 Å². The van der Waals surface area contributed by atoms with Crippen molar-refractivity contribution in [2.45, 2.75) is 64.5 Å². The van der Waals surface area contributed by atoms with Crippen molar-refractivity contribution in [1.82, 2.24) is 15.5 Å². The number of hydrogen-bond acceptors (Lipinski definition) is 3. The van der Waals surface area contributed by atoms with E-state index >= 15 is 0 Å². The van der Waals surface area contributed by atoms with E-state index in [1.165, 1.54) is 17.6 Å². The SMILES string of the molecule is CC(C)[C@@H](NCC1=CC=CC2NCCC=C12)C(=O)N1CCC(C2CC=C(Cl)CC2)CC1. The Morgan fingerprint density at radius 2 is 2.03 bits per heavy atom. The number of hydrogen-bond donors (Lipinski definition) is 2. The molecule has 4 rings (SSSR count). The number of amides is 1. The average molecular weight is 444 g/mol. The van der Waals surface area contributed by atoms with Gasteiger partial charge >= 0.3 is 0 Å². The molecule has 3 atom stereocenters. The van der Waals surface area contributed by atoms with Gasteiger partial charge in [-0.1, -0.05) is 55.8 Å². The largest absolute Gasteiger partial charge is 0.341 e. The lowest BCUT2D eigenvalue weighted by Crippen LogP contribution is -2.52. The van der Waals surface area contributed by atoms with Crippen LogP contribution in [0.15, 0.2) is 46.6 Å². The second-order valence-corrected chi connectivity index (χ2v) is 10.4. The fourth-order valence-corrected chi connectivity index (χ4v) is 5.81. The van der Waals surface area contributed by atoms with Crippen LogP contribution in [0, 0.1) is 17.8 Å². The third-order valence-corrected chi connectivity index (χ3v) is 7.88. The molecular formula is C26H38ClN3O. The Morgan fingerprint density at radius 3 is 2.74 bits per heavy atom. The summed E-state index contributed by atoms with van der Waals surface area (Å²) in [5.41, 5.74) is 2.68. The molecule has 0 saturated carbocycles. The van der Waals surface area contributed by atoms with Crippen molar-refractivity contribution in [2.75, 3.05) is 26.2 Å². The van der Waals surface area contributed by atoms with Crippen molar-refractivity contribution in [1.29, 1.82) is 0 Å². The van der Waals surface area contributed by atoms with Crippen molar-refractivity contribution in [3.8, 4) is 0 Å². The molecule has 5 heteroatoms. The van der Waals surface area contributed by atoms with E-state index in [2.05, 4.69) is 59.8 Å². The van der Waals surface area contributed by atoms with E-state index in [0.29, 0.717) is 6.04 Å². The molecule has 0 spiro atoms. The minimum Gasteiger partial charge on any atom is -0.341 e. The lowest BCUT2D eigenvalue weighted by Gasteiger charge is -2.39. The van der Waals surface area contributed by atoms with Crippen LogP contribution in [0.25, 0.3) is 0 Å². The van der Waals surface area contributed by atoms with Crippen LogP contribution in [0.3, 0.4) is 0 Å². The summed E-state index contributed by atoms with van der Waals surface area (Å²) in [7, 11) is 0. The van der Waals surface area contributed by atoms with Crippen molar-refractivity contribution >= 4 is 17.5 Å². The first-order valence-electron chi connectivity index (χ1n) is 12.2. The number of carbonyl (C=O) groups is 1. The lowest BCUT2D eigenvalue weighted by atomic mass is 9.78. The number of piperidine rings is 1. The van der Waals surface area contributed by atoms with Gasteiger partial charge in [-0.2, -0.15) is 0 Å². The molecule has 0 aromatic rings. The van der Waals surface area contributed by atoms with E-state index in [-0.39, 0.29) is 17.9 Å². The van der Waals surface area contributed by atoms with Gasteiger partial charge in [-0.05, 0) is 74.0 Å². The Hall–Kier alpha value is -1.36. The van der Waals surface area contributed by atoms with E-state index < -0.39 is 0 Å². The predicted octanol–water partition coefficient (Wildman–Crippen LogP) is 4.55. The maximum Gasteiger partial charge on any atom is 0.239 e. The summed E-state index contributed by atoms with van der Waals surface area (Å²) in [4.78, 5) is 15.5. The van der Waals surface area contributed by atoms with Crippen LogP contribution in [0.5, 0.6) is 0 Å². The monoisotopic (exact) mass is 443 g/mol. The summed E-state index contributed by atoms with van der Waals surface area (Å²) in [6, 6.07) is 0.197. The highest BCUT2D eigenvalue weighted by molar-refractivity contribution is 6.29. The average Bonchev–Trinajstić information content (AvgIpc) is 2.79. The van der Waals surface area contributed by atoms with Gasteiger partial charge in [-0.3, -0.25) is 4.79 Å². The third kappa shape index (κ3) is 5.53. The van der Waals surface area contributed by atoms with Gasteiger partial charge in [0.15, 0.2) is 0 Å². The highest BCUT2D eigenvalue weighted by Gasteiger charge is 2.33. The van der Waals surface area contributed by atoms with Gasteiger partial charge in [0.1, 0.15) is 0 Å². The highest BCUT2D eigenvalue weighted by Crippen LogP contribution is 2.36. The molecule has 1 saturated heterocycles. The summed E-state index contributed by atoms with van der Waals surface area (Å²) in [5.74, 6) is 2.02. The van der Waals surface area contributed by atoms with E-state index in [1.807, 2.05) is 0 Å². The molecular weight excluding hydrogens is 406 g/mol. The summed E-state index contributed by atoms with van der Waals surface area (Å²) in [6.07, 6.45) is 17.8. The molecule has 1 fully saturated rings. The van der Waals surface area contributed by atoms with Gasteiger partial charge in [-0.25, -0.2) is 0 Å². The first-order valence-corrected chi connectivity index (χ1v) is 12.6. The Labute approximate surface area is 192 Å². The normalized spacial score (nSPS) is 28.0. The number of carbonyl (C=O) groups excluding carboxylic acids is 1. The molecule has 2 aliphatic heterocycles. The molecule has 31 heavy (non-hydrogen) atoms. The molecule has 1 amide bonds. The third-order valence-electron chi connectivity index (χ3n) is 7.54. The Kier molecular flexibility index (Phi) is 7.73. The zero-order valence-electron chi connectivity index (χ0n) is 19.1. The van der Waals surface area contributed by atoms with E-state index in [4.69, 9.17) is 11.6 Å². The fraction of sp³-hybridized carbons (Fsp3) is 0.654. The van der Waals surface area contributed by atoms with Crippen LogP contribution < -0.4 is 10.6 Å². The molecule has 0 radical (unpaired) electrons. The fourth-order valence-electron chi connectivity index (χ4n) is 5.61. The second kappa shape index (κ2) is 10.5. The molecule has 0 aromatic heterocycles. The Bertz CT molecular complexity index is 774. The molecule has 2 aliphatic carbocycles. The minimum atomic E-state index is -0.129. The van der Waals surface area contributed by atoms with Crippen molar-refractivity contribution in [2.24, 2.45) is 17.8 Å². The van der Waals surface area contributed by atoms with Gasteiger partial charge < -0.3 is 15.5 Å². The Balaban J connectivity index is 1.31. The first kappa shape index (κ1) is 22.8. The van der Waals surface area contributed by atoms with Gasteiger partial charge in [0.25, 0.3) is 0 Å². The smallest absolute Gasteiger partial charge is 0.239 e. The maximum atomic E-state index is 13.4. The summed E-state index contributed by atoms with van der Waals surface area (Å²) in [5, 5.41) is 8.21. The standard InChI is InChI=1S/C26H38ClN3O/c1-18(2)25(29-17-21-5-3-7-24-23(21)6-4-14-28-24)26(31)30-15-12-20(13-16-30)19-8-10-22(27)11-9-19/h3,5-7,10,18-20,24-25,28-29H,4,8-9,11-17H2,1-2H3/t19?,24?,25-/m1/s1. The minimum absolute atomic E-state index is 0.129. The van der Waals surface area contributed by atoms with Gasteiger partial charge in [0.2, 0.25) is 5.91 Å². The number of halogens is 1. The quantitative estimate of drug-likeness (QED) is 0.633. The van der Waals surface area contributed by atoms with Crippen molar-refractivity contribution in [3.05, 3.63) is 46.6 Å². The zero-order valence-corrected chi connectivity index (χ0v) is 19.8. The molecule has 170 valence electrons. The van der Waals surface area contributed by atoms with Gasteiger partial charge in [0.05, 0.1) is 12.1 Å². The predicted molar refractivity (Wildman–Crippen MR) is 129 cm³/mol. The van der Waals surface area contributed by atoms with Gasteiger partial charge in [-0.15, -0.1) is 0 Å². The molecule has 2 unspecified atom stereocenters. The highest BCUT2D eigenvalue weighted by atomic mass is 35.5. The summed E-state index contributed by atoms with van der Waals surface area (Å²) in [6.45, 7) is 7.87. The first-order chi connectivity index (χ1) is 15.0. The van der Waals surface area contributed by atoms with E-state index in [9.17, 15) is 4.79 Å². The zero-order chi connectivity index (χ0) is 21.8. The van der Waals surface area contributed by atoms with Crippen LogP contribution in [0.4, 0.5) is 0 Å². The summed E-state index contributed by atoms with van der Waals surface area (Å²) < 4.78 is 0. The molecule has 2 heterocycles. The van der Waals surface area contributed by atoms with Crippen LogP contribution in [0.2, 0.25) is 0 Å². The van der Waals surface area contributed by atoms with Gasteiger partial charge in [0, 0.05) is 24.7 Å². The van der Waals surface area contributed by atoms with Crippen LogP contribution in [0.1, 0.15) is 52.4 Å². The number of fused-ring (bicyclic) bond motifs is 1.